The lowest BCUT2D eigenvalue weighted by molar-refractivity contribution is 0.379. The van der Waals surface area contributed by atoms with Gasteiger partial charge in [0.2, 0.25) is 5.89 Å². The van der Waals surface area contributed by atoms with Crippen molar-refractivity contribution in [1.82, 2.24) is 20.1 Å². The first-order valence-electron chi connectivity index (χ1n) is 6.75. The van der Waals surface area contributed by atoms with E-state index < -0.39 is 0 Å². The summed E-state index contributed by atoms with van der Waals surface area (Å²) in [7, 11) is 0. The molecule has 6 nitrogen and oxygen atoms in total. The molecule has 0 amide bonds. The topological polar surface area (TPSA) is 76.7 Å². The van der Waals surface area contributed by atoms with Gasteiger partial charge in [0.1, 0.15) is 12.1 Å². The zero-order valence-electron chi connectivity index (χ0n) is 10.8. The summed E-state index contributed by atoms with van der Waals surface area (Å²) < 4.78 is 4.97. The van der Waals surface area contributed by atoms with Crippen molar-refractivity contribution in [3.8, 4) is 0 Å². The lowest BCUT2D eigenvalue weighted by atomic mass is 10.1. The SMILES string of the molecule is c1noc(CCNc2ncnc3c2CCCCC3)n1. The Kier molecular flexibility index (Phi) is 3.67. The van der Waals surface area contributed by atoms with E-state index in [1.807, 2.05) is 0 Å². The first-order valence-corrected chi connectivity index (χ1v) is 6.75. The second-order valence-corrected chi connectivity index (χ2v) is 4.72. The standard InChI is InChI=1S/C13H17N5O/c1-2-4-10-11(5-3-1)15-8-17-13(10)14-7-6-12-16-9-18-19-12/h8-9H,1-7H2,(H,14,15,17). The Balaban J connectivity index is 1.67. The zero-order chi connectivity index (χ0) is 12.9. The van der Waals surface area contributed by atoms with Gasteiger partial charge in [-0.25, -0.2) is 9.97 Å². The summed E-state index contributed by atoms with van der Waals surface area (Å²) in [6, 6.07) is 0. The van der Waals surface area contributed by atoms with Gasteiger partial charge in [-0.3, -0.25) is 0 Å². The van der Waals surface area contributed by atoms with E-state index in [4.69, 9.17) is 4.52 Å². The van der Waals surface area contributed by atoms with Crippen molar-refractivity contribution < 1.29 is 4.52 Å². The predicted molar refractivity (Wildman–Crippen MR) is 69.8 cm³/mol. The van der Waals surface area contributed by atoms with Crippen LogP contribution in [0.4, 0.5) is 5.82 Å². The van der Waals surface area contributed by atoms with Crippen LogP contribution in [0.1, 0.15) is 36.4 Å². The molecule has 2 heterocycles. The number of nitrogens with zero attached hydrogens (tertiary/aromatic N) is 4. The molecule has 2 aromatic rings. The molecular formula is C13H17N5O. The summed E-state index contributed by atoms with van der Waals surface area (Å²) in [4.78, 5) is 12.8. The highest BCUT2D eigenvalue weighted by Gasteiger charge is 2.14. The summed E-state index contributed by atoms with van der Waals surface area (Å²) in [6.45, 7) is 0.742. The number of anilines is 1. The van der Waals surface area contributed by atoms with E-state index in [-0.39, 0.29) is 0 Å². The van der Waals surface area contributed by atoms with Gasteiger partial charge in [0.15, 0.2) is 6.33 Å². The molecule has 3 rings (SSSR count). The van der Waals surface area contributed by atoms with Gasteiger partial charge in [0.25, 0.3) is 0 Å². The summed E-state index contributed by atoms with van der Waals surface area (Å²) in [5.41, 5.74) is 2.48. The van der Waals surface area contributed by atoms with Gasteiger partial charge in [-0.15, -0.1) is 0 Å². The van der Waals surface area contributed by atoms with Crippen molar-refractivity contribution in [2.75, 3.05) is 11.9 Å². The average Bonchev–Trinajstić information content (AvgIpc) is 2.82. The summed E-state index contributed by atoms with van der Waals surface area (Å²) in [5.74, 6) is 1.61. The average molecular weight is 259 g/mol. The highest BCUT2D eigenvalue weighted by Crippen LogP contribution is 2.23. The smallest absolute Gasteiger partial charge is 0.228 e. The number of nitrogens with one attached hydrogen (secondary N) is 1. The molecule has 0 aromatic carbocycles. The lowest BCUT2D eigenvalue weighted by Crippen LogP contribution is -2.11. The summed E-state index contributed by atoms with van der Waals surface area (Å²) in [6.07, 6.45) is 9.64. The van der Waals surface area contributed by atoms with Crippen molar-refractivity contribution in [3.63, 3.8) is 0 Å². The van der Waals surface area contributed by atoms with E-state index in [1.165, 1.54) is 36.8 Å². The number of hydrogen-bond donors (Lipinski definition) is 1. The fourth-order valence-corrected chi connectivity index (χ4v) is 2.44. The fraction of sp³-hybridized carbons (Fsp3) is 0.538. The molecule has 6 heteroatoms. The number of hydrogen-bond acceptors (Lipinski definition) is 6. The van der Waals surface area contributed by atoms with Gasteiger partial charge in [0.05, 0.1) is 0 Å². The van der Waals surface area contributed by atoms with Crippen LogP contribution in [0.5, 0.6) is 0 Å². The van der Waals surface area contributed by atoms with Gasteiger partial charge < -0.3 is 9.84 Å². The Morgan fingerprint density at radius 3 is 2.89 bits per heavy atom. The Labute approximate surface area is 111 Å². The van der Waals surface area contributed by atoms with Crippen LogP contribution >= 0.6 is 0 Å². The van der Waals surface area contributed by atoms with Crippen molar-refractivity contribution in [2.24, 2.45) is 0 Å². The molecular weight excluding hydrogens is 242 g/mol. The normalized spacial score (nSPS) is 14.7. The van der Waals surface area contributed by atoms with Gasteiger partial charge in [-0.2, -0.15) is 4.98 Å². The number of aryl methyl sites for hydroxylation is 1. The van der Waals surface area contributed by atoms with Crippen LogP contribution < -0.4 is 5.32 Å². The maximum absolute atomic E-state index is 4.97. The Bertz CT molecular complexity index is 526. The van der Waals surface area contributed by atoms with Crippen molar-refractivity contribution >= 4 is 5.82 Å². The van der Waals surface area contributed by atoms with Crippen LogP contribution in [0.15, 0.2) is 17.2 Å². The molecule has 2 aromatic heterocycles. The van der Waals surface area contributed by atoms with Crippen LogP contribution in [-0.4, -0.2) is 26.7 Å². The first kappa shape index (κ1) is 12.1. The van der Waals surface area contributed by atoms with Crippen molar-refractivity contribution in [1.29, 1.82) is 0 Å². The van der Waals surface area contributed by atoms with Crippen LogP contribution in [0.3, 0.4) is 0 Å². The molecule has 0 aliphatic heterocycles. The van der Waals surface area contributed by atoms with Crippen LogP contribution in [0.2, 0.25) is 0 Å². The number of aromatic nitrogens is 4. The first-order chi connectivity index (χ1) is 9.43. The molecule has 1 N–H and O–H groups in total. The minimum atomic E-state index is 0.646. The quantitative estimate of drug-likeness (QED) is 0.843. The third kappa shape index (κ3) is 2.89. The second kappa shape index (κ2) is 5.77. The highest BCUT2D eigenvalue weighted by atomic mass is 16.5. The molecule has 100 valence electrons. The molecule has 1 aliphatic carbocycles. The minimum Gasteiger partial charge on any atom is -0.369 e. The van der Waals surface area contributed by atoms with E-state index in [9.17, 15) is 0 Å². The van der Waals surface area contributed by atoms with E-state index in [0.29, 0.717) is 12.3 Å². The predicted octanol–water partition coefficient (Wildman–Crippen LogP) is 1.78. The molecule has 0 saturated heterocycles. The minimum absolute atomic E-state index is 0.646. The van der Waals surface area contributed by atoms with E-state index in [1.54, 1.807) is 6.33 Å². The number of fused-ring (bicyclic) bond motifs is 1. The van der Waals surface area contributed by atoms with Gasteiger partial charge >= 0.3 is 0 Å². The van der Waals surface area contributed by atoms with Gasteiger partial charge in [-0.1, -0.05) is 11.6 Å². The number of rotatable bonds is 4. The molecule has 0 bridgehead atoms. The van der Waals surface area contributed by atoms with E-state index in [2.05, 4.69) is 25.4 Å². The van der Waals surface area contributed by atoms with Crippen LogP contribution in [0.25, 0.3) is 0 Å². The highest BCUT2D eigenvalue weighted by molar-refractivity contribution is 5.46. The van der Waals surface area contributed by atoms with Crippen molar-refractivity contribution in [3.05, 3.63) is 29.8 Å². The lowest BCUT2D eigenvalue weighted by Gasteiger charge is -2.11. The van der Waals surface area contributed by atoms with Crippen LogP contribution in [0, 0.1) is 0 Å². The largest absolute Gasteiger partial charge is 0.369 e. The zero-order valence-corrected chi connectivity index (χ0v) is 10.8. The molecule has 0 spiro atoms. The molecule has 0 atom stereocenters. The second-order valence-electron chi connectivity index (χ2n) is 4.72. The van der Waals surface area contributed by atoms with Crippen molar-refractivity contribution in [2.45, 2.75) is 38.5 Å². The summed E-state index contributed by atoms with van der Waals surface area (Å²) in [5, 5.41) is 6.95. The van der Waals surface area contributed by atoms with Gasteiger partial charge in [-0.05, 0) is 25.7 Å². The molecule has 0 radical (unpaired) electrons. The van der Waals surface area contributed by atoms with E-state index in [0.717, 1.165) is 25.2 Å². The maximum Gasteiger partial charge on any atom is 0.228 e. The molecule has 0 unspecified atom stereocenters. The monoisotopic (exact) mass is 259 g/mol. The molecule has 19 heavy (non-hydrogen) atoms. The Morgan fingerprint density at radius 2 is 2.00 bits per heavy atom. The fourth-order valence-electron chi connectivity index (χ4n) is 2.44. The van der Waals surface area contributed by atoms with Crippen LogP contribution in [-0.2, 0) is 19.3 Å². The van der Waals surface area contributed by atoms with Gasteiger partial charge in [0, 0.05) is 24.2 Å². The molecule has 0 saturated carbocycles. The molecule has 1 aliphatic rings. The van der Waals surface area contributed by atoms with E-state index >= 15 is 0 Å². The third-order valence-corrected chi connectivity index (χ3v) is 3.41. The maximum atomic E-state index is 4.97. The Hall–Kier alpha value is -1.98. The summed E-state index contributed by atoms with van der Waals surface area (Å²) >= 11 is 0. The molecule has 0 fully saturated rings. The Morgan fingerprint density at radius 1 is 1.05 bits per heavy atom. The third-order valence-electron chi connectivity index (χ3n) is 3.41.